The fourth-order valence-corrected chi connectivity index (χ4v) is 1.79. The summed E-state index contributed by atoms with van der Waals surface area (Å²) in [6.45, 7) is 2.68. The molecule has 0 aliphatic heterocycles. The summed E-state index contributed by atoms with van der Waals surface area (Å²) in [7, 11) is 3.26. The summed E-state index contributed by atoms with van der Waals surface area (Å²) in [5, 5.41) is 3.34. The van der Waals surface area contributed by atoms with Gasteiger partial charge in [-0.1, -0.05) is 0 Å². The molecule has 0 saturated heterocycles. The van der Waals surface area contributed by atoms with E-state index in [9.17, 15) is 0 Å². The van der Waals surface area contributed by atoms with Crippen LogP contribution in [-0.2, 0) is 6.54 Å². The van der Waals surface area contributed by atoms with E-state index in [0.29, 0.717) is 12.3 Å². The summed E-state index contributed by atoms with van der Waals surface area (Å²) >= 11 is 0. The Morgan fingerprint density at radius 3 is 2.32 bits per heavy atom. The van der Waals surface area contributed by atoms with Gasteiger partial charge in [-0.3, -0.25) is 0 Å². The van der Waals surface area contributed by atoms with Crippen LogP contribution in [0.25, 0.3) is 0 Å². The highest BCUT2D eigenvalue weighted by atomic mass is 16.5. The molecular weight excluding hydrogens is 242 g/mol. The van der Waals surface area contributed by atoms with Crippen LogP contribution in [-0.4, -0.2) is 24.2 Å². The summed E-state index contributed by atoms with van der Waals surface area (Å²) in [5.74, 6) is 1.44. The Bertz CT molecular complexity index is 544. The molecule has 5 nitrogen and oxygen atoms in total. The second-order valence-electron chi connectivity index (χ2n) is 4.12. The highest BCUT2D eigenvalue weighted by molar-refractivity contribution is 5.60. The molecule has 2 aromatic rings. The van der Waals surface area contributed by atoms with E-state index in [1.807, 2.05) is 19.1 Å². The Morgan fingerprint density at radius 2 is 1.68 bits per heavy atom. The number of aryl methyl sites for hydroxylation is 1. The van der Waals surface area contributed by atoms with Crippen LogP contribution in [0, 0.1) is 6.92 Å². The van der Waals surface area contributed by atoms with Gasteiger partial charge in [0, 0.05) is 36.3 Å². The second kappa shape index (κ2) is 6.04. The molecule has 0 aliphatic carbocycles. The van der Waals surface area contributed by atoms with Crippen molar-refractivity contribution >= 4 is 5.69 Å². The van der Waals surface area contributed by atoms with Gasteiger partial charge in [0.15, 0.2) is 11.5 Å². The largest absolute Gasteiger partial charge is 0.493 e. The number of ether oxygens (including phenoxy) is 2. The maximum Gasteiger partial charge on any atom is 0.162 e. The van der Waals surface area contributed by atoms with Gasteiger partial charge in [0.05, 0.1) is 14.2 Å². The quantitative estimate of drug-likeness (QED) is 0.893. The standard InChI is InChI=1S/C14H17N3O2/c1-10-4-13(18-2)14(19-3)5-12(10)17-8-11-6-15-9-16-7-11/h4-7,9,17H,8H2,1-3H3. The van der Waals surface area contributed by atoms with E-state index in [1.165, 1.54) is 6.33 Å². The summed E-state index contributed by atoms with van der Waals surface area (Å²) < 4.78 is 10.6. The maximum absolute atomic E-state index is 5.29. The van der Waals surface area contributed by atoms with Crippen molar-refractivity contribution < 1.29 is 9.47 Å². The van der Waals surface area contributed by atoms with Gasteiger partial charge in [-0.25, -0.2) is 9.97 Å². The molecule has 0 amide bonds. The van der Waals surface area contributed by atoms with Crippen LogP contribution in [0.5, 0.6) is 11.5 Å². The molecule has 0 atom stereocenters. The smallest absolute Gasteiger partial charge is 0.162 e. The van der Waals surface area contributed by atoms with Crippen LogP contribution in [0.1, 0.15) is 11.1 Å². The lowest BCUT2D eigenvalue weighted by Gasteiger charge is -2.14. The van der Waals surface area contributed by atoms with Gasteiger partial charge < -0.3 is 14.8 Å². The Hall–Kier alpha value is -2.30. The summed E-state index contributed by atoms with van der Waals surface area (Å²) in [5.41, 5.74) is 3.12. The van der Waals surface area contributed by atoms with Crippen molar-refractivity contribution in [3.63, 3.8) is 0 Å². The second-order valence-corrected chi connectivity index (χ2v) is 4.12. The van der Waals surface area contributed by atoms with Gasteiger partial charge in [0.1, 0.15) is 6.33 Å². The monoisotopic (exact) mass is 259 g/mol. The molecule has 0 unspecified atom stereocenters. The minimum Gasteiger partial charge on any atom is -0.493 e. The normalized spacial score (nSPS) is 10.1. The summed E-state index contributed by atoms with van der Waals surface area (Å²) in [6.07, 6.45) is 5.09. The van der Waals surface area contributed by atoms with Gasteiger partial charge in [-0.05, 0) is 18.6 Å². The van der Waals surface area contributed by atoms with E-state index in [2.05, 4.69) is 15.3 Å². The van der Waals surface area contributed by atoms with Crippen LogP contribution in [0.15, 0.2) is 30.9 Å². The van der Waals surface area contributed by atoms with Crippen LogP contribution in [0.4, 0.5) is 5.69 Å². The van der Waals surface area contributed by atoms with Gasteiger partial charge in [0.2, 0.25) is 0 Å². The number of hydrogen-bond acceptors (Lipinski definition) is 5. The SMILES string of the molecule is COc1cc(C)c(NCc2cncnc2)cc1OC. The minimum atomic E-state index is 0.664. The third-order valence-electron chi connectivity index (χ3n) is 2.83. The van der Waals surface area contributed by atoms with Crippen molar-refractivity contribution in [1.29, 1.82) is 0 Å². The summed E-state index contributed by atoms with van der Waals surface area (Å²) in [4.78, 5) is 7.97. The van der Waals surface area contributed by atoms with Crippen molar-refractivity contribution in [2.45, 2.75) is 13.5 Å². The van der Waals surface area contributed by atoms with E-state index >= 15 is 0 Å². The number of methoxy groups -OCH3 is 2. The van der Waals surface area contributed by atoms with Crippen LogP contribution < -0.4 is 14.8 Å². The Morgan fingerprint density at radius 1 is 1.05 bits per heavy atom. The van der Waals surface area contributed by atoms with Crippen LogP contribution >= 0.6 is 0 Å². The highest BCUT2D eigenvalue weighted by Crippen LogP contribution is 2.32. The molecule has 1 heterocycles. The predicted molar refractivity (Wildman–Crippen MR) is 73.6 cm³/mol. The highest BCUT2D eigenvalue weighted by Gasteiger charge is 2.08. The zero-order chi connectivity index (χ0) is 13.7. The fraction of sp³-hybridized carbons (Fsp3) is 0.286. The first-order chi connectivity index (χ1) is 9.24. The molecule has 0 aliphatic rings. The molecule has 5 heteroatoms. The Balaban J connectivity index is 2.16. The number of rotatable bonds is 5. The van der Waals surface area contributed by atoms with Crippen molar-refractivity contribution in [2.75, 3.05) is 19.5 Å². The number of benzene rings is 1. The van der Waals surface area contributed by atoms with Gasteiger partial charge in [-0.15, -0.1) is 0 Å². The first kappa shape index (κ1) is 13.1. The third-order valence-corrected chi connectivity index (χ3v) is 2.83. The van der Waals surface area contributed by atoms with E-state index in [1.54, 1.807) is 26.6 Å². The number of nitrogens with one attached hydrogen (secondary N) is 1. The zero-order valence-electron chi connectivity index (χ0n) is 11.3. The molecule has 0 fully saturated rings. The predicted octanol–water partition coefficient (Wildman–Crippen LogP) is 2.41. The lowest BCUT2D eigenvalue weighted by atomic mass is 10.1. The molecule has 0 spiro atoms. The summed E-state index contributed by atoms with van der Waals surface area (Å²) in [6, 6.07) is 3.88. The average Bonchev–Trinajstić information content (AvgIpc) is 2.46. The lowest BCUT2D eigenvalue weighted by Crippen LogP contribution is -2.03. The van der Waals surface area contributed by atoms with E-state index in [-0.39, 0.29) is 0 Å². The Kier molecular flexibility index (Phi) is 4.18. The minimum absolute atomic E-state index is 0.664. The number of anilines is 1. The number of aromatic nitrogens is 2. The van der Waals surface area contributed by atoms with Crippen LogP contribution in [0.3, 0.4) is 0 Å². The maximum atomic E-state index is 5.29. The van der Waals surface area contributed by atoms with Gasteiger partial charge in [-0.2, -0.15) is 0 Å². The van der Waals surface area contributed by atoms with Crippen molar-refractivity contribution in [1.82, 2.24) is 9.97 Å². The molecule has 1 aromatic carbocycles. The first-order valence-electron chi connectivity index (χ1n) is 5.95. The van der Waals surface area contributed by atoms with E-state index in [4.69, 9.17) is 9.47 Å². The zero-order valence-corrected chi connectivity index (χ0v) is 11.3. The molecule has 0 bridgehead atoms. The average molecular weight is 259 g/mol. The molecule has 100 valence electrons. The molecule has 19 heavy (non-hydrogen) atoms. The van der Waals surface area contributed by atoms with E-state index < -0.39 is 0 Å². The van der Waals surface area contributed by atoms with Gasteiger partial charge >= 0.3 is 0 Å². The molecular formula is C14H17N3O2. The topological polar surface area (TPSA) is 56.3 Å². The number of hydrogen-bond donors (Lipinski definition) is 1. The van der Waals surface area contributed by atoms with Crippen molar-refractivity contribution in [3.05, 3.63) is 42.0 Å². The van der Waals surface area contributed by atoms with Crippen molar-refractivity contribution in [2.24, 2.45) is 0 Å². The first-order valence-corrected chi connectivity index (χ1v) is 5.95. The van der Waals surface area contributed by atoms with Crippen molar-refractivity contribution in [3.8, 4) is 11.5 Å². The molecule has 0 saturated carbocycles. The fourth-order valence-electron chi connectivity index (χ4n) is 1.79. The molecule has 1 aromatic heterocycles. The number of nitrogens with zero attached hydrogens (tertiary/aromatic N) is 2. The van der Waals surface area contributed by atoms with Gasteiger partial charge in [0.25, 0.3) is 0 Å². The Labute approximate surface area is 112 Å². The molecule has 2 rings (SSSR count). The third kappa shape index (κ3) is 3.13. The van der Waals surface area contributed by atoms with Crippen LogP contribution in [0.2, 0.25) is 0 Å². The van der Waals surface area contributed by atoms with E-state index in [0.717, 1.165) is 22.6 Å². The lowest BCUT2D eigenvalue weighted by molar-refractivity contribution is 0.355. The molecule has 1 N–H and O–H groups in total. The molecule has 0 radical (unpaired) electrons.